The Morgan fingerprint density at radius 3 is 2.70 bits per heavy atom. The van der Waals surface area contributed by atoms with Gasteiger partial charge >= 0.3 is 0 Å². The van der Waals surface area contributed by atoms with Gasteiger partial charge in [-0.2, -0.15) is 0 Å². The molecule has 0 aliphatic carbocycles. The van der Waals surface area contributed by atoms with Crippen molar-refractivity contribution >= 4 is 5.91 Å². The van der Waals surface area contributed by atoms with Crippen LogP contribution >= 0.6 is 0 Å². The molecule has 0 saturated carbocycles. The molecule has 20 heavy (non-hydrogen) atoms. The first-order chi connectivity index (χ1) is 9.72. The number of nitrogens with one attached hydrogen (secondary N) is 2. The zero-order chi connectivity index (χ0) is 13.9. The molecule has 3 fully saturated rings. The zero-order valence-corrected chi connectivity index (χ0v) is 12.7. The maximum absolute atomic E-state index is 12.2. The first-order valence-corrected chi connectivity index (χ1v) is 8.48. The lowest BCUT2D eigenvalue weighted by Gasteiger charge is -2.30. The zero-order valence-electron chi connectivity index (χ0n) is 12.7. The molecule has 3 aliphatic rings. The first kappa shape index (κ1) is 14.3. The third-order valence-electron chi connectivity index (χ3n) is 5.46. The minimum absolute atomic E-state index is 0.240. The van der Waals surface area contributed by atoms with Crippen LogP contribution in [0.5, 0.6) is 0 Å². The van der Waals surface area contributed by atoms with Crippen LogP contribution in [0.25, 0.3) is 0 Å². The summed E-state index contributed by atoms with van der Waals surface area (Å²) in [6.45, 7) is 6.82. The van der Waals surface area contributed by atoms with Crippen LogP contribution in [-0.2, 0) is 4.79 Å². The number of rotatable bonds is 5. The Morgan fingerprint density at radius 2 is 2.05 bits per heavy atom. The van der Waals surface area contributed by atoms with E-state index in [-0.39, 0.29) is 11.8 Å². The van der Waals surface area contributed by atoms with E-state index in [0.717, 1.165) is 31.8 Å². The van der Waals surface area contributed by atoms with Crippen molar-refractivity contribution in [1.82, 2.24) is 15.5 Å². The molecule has 3 aliphatic heterocycles. The second-order valence-electron chi connectivity index (χ2n) is 7.06. The minimum atomic E-state index is 0.240. The summed E-state index contributed by atoms with van der Waals surface area (Å²) < 4.78 is 0. The molecular formula is C16H29N3O. The summed E-state index contributed by atoms with van der Waals surface area (Å²) in [5, 5.41) is 6.69. The van der Waals surface area contributed by atoms with Crippen molar-refractivity contribution in [3.63, 3.8) is 0 Å². The van der Waals surface area contributed by atoms with E-state index in [1.807, 2.05) is 0 Å². The van der Waals surface area contributed by atoms with Crippen LogP contribution in [0.4, 0.5) is 0 Å². The molecule has 0 aromatic heterocycles. The van der Waals surface area contributed by atoms with Crippen LogP contribution in [0.3, 0.4) is 0 Å². The fraction of sp³-hybridized carbons (Fsp3) is 0.938. The second-order valence-corrected chi connectivity index (χ2v) is 7.06. The van der Waals surface area contributed by atoms with Gasteiger partial charge in [0.15, 0.2) is 0 Å². The Bertz CT molecular complexity index is 339. The number of fused-ring (bicyclic) bond motifs is 2. The van der Waals surface area contributed by atoms with E-state index in [0.29, 0.717) is 12.1 Å². The van der Waals surface area contributed by atoms with Gasteiger partial charge in [0.2, 0.25) is 5.91 Å². The van der Waals surface area contributed by atoms with Crippen molar-refractivity contribution < 1.29 is 4.79 Å². The molecule has 3 atom stereocenters. The normalized spacial score (nSPS) is 34.5. The van der Waals surface area contributed by atoms with Gasteiger partial charge in [-0.3, -0.25) is 4.79 Å². The molecular weight excluding hydrogens is 250 g/mol. The van der Waals surface area contributed by atoms with Gasteiger partial charge in [0, 0.05) is 18.6 Å². The maximum atomic E-state index is 12.2. The van der Waals surface area contributed by atoms with Crippen molar-refractivity contribution in [3.05, 3.63) is 0 Å². The number of hydrogen-bond acceptors (Lipinski definition) is 3. The van der Waals surface area contributed by atoms with Crippen LogP contribution in [-0.4, -0.2) is 49.1 Å². The van der Waals surface area contributed by atoms with Crippen LogP contribution in [0, 0.1) is 11.8 Å². The Hall–Kier alpha value is -0.610. The highest BCUT2D eigenvalue weighted by Gasteiger charge is 2.42. The monoisotopic (exact) mass is 279 g/mol. The minimum Gasteiger partial charge on any atom is -0.356 e. The highest BCUT2D eigenvalue weighted by atomic mass is 16.1. The molecule has 3 saturated heterocycles. The summed E-state index contributed by atoms with van der Waals surface area (Å²) in [6.07, 6.45) is 7.28. The maximum Gasteiger partial charge on any atom is 0.224 e. The molecule has 1 amide bonds. The molecule has 2 bridgehead atoms. The molecule has 0 spiro atoms. The molecule has 0 aromatic carbocycles. The Kier molecular flexibility index (Phi) is 4.61. The van der Waals surface area contributed by atoms with Gasteiger partial charge in [-0.1, -0.05) is 6.92 Å². The van der Waals surface area contributed by atoms with Gasteiger partial charge in [-0.25, -0.2) is 0 Å². The molecule has 4 nitrogen and oxygen atoms in total. The summed E-state index contributed by atoms with van der Waals surface area (Å²) in [6, 6.07) is 1.08. The fourth-order valence-electron chi connectivity index (χ4n) is 4.04. The van der Waals surface area contributed by atoms with Crippen LogP contribution in [0.2, 0.25) is 0 Å². The van der Waals surface area contributed by atoms with E-state index < -0.39 is 0 Å². The number of piperidine rings is 1. The highest BCUT2D eigenvalue weighted by molar-refractivity contribution is 5.80. The highest BCUT2D eigenvalue weighted by Crippen LogP contribution is 2.33. The number of amides is 1. The number of nitrogens with zero attached hydrogens (tertiary/aromatic N) is 1. The quantitative estimate of drug-likeness (QED) is 0.747. The van der Waals surface area contributed by atoms with Crippen molar-refractivity contribution in [2.24, 2.45) is 11.8 Å². The van der Waals surface area contributed by atoms with E-state index in [2.05, 4.69) is 22.5 Å². The SMILES string of the molecule is CC1CCN(CCCNC(=O)C2CC3CCC2N3)CC1. The summed E-state index contributed by atoms with van der Waals surface area (Å²) in [4.78, 5) is 14.7. The topological polar surface area (TPSA) is 44.4 Å². The van der Waals surface area contributed by atoms with E-state index in [1.54, 1.807) is 0 Å². The van der Waals surface area contributed by atoms with Crippen molar-refractivity contribution in [1.29, 1.82) is 0 Å². The van der Waals surface area contributed by atoms with Crippen molar-refractivity contribution in [2.75, 3.05) is 26.2 Å². The lowest BCUT2D eigenvalue weighted by Crippen LogP contribution is -2.39. The third-order valence-corrected chi connectivity index (χ3v) is 5.46. The standard InChI is InChI=1S/C16H29N3O/c1-12-5-9-19(10-6-12)8-2-7-17-16(20)14-11-13-3-4-15(14)18-13/h12-15,18H,2-11H2,1H3,(H,17,20). The predicted molar refractivity (Wildman–Crippen MR) is 80.5 cm³/mol. The third kappa shape index (κ3) is 3.34. The fourth-order valence-corrected chi connectivity index (χ4v) is 4.04. The van der Waals surface area contributed by atoms with Gasteiger partial charge in [-0.15, -0.1) is 0 Å². The van der Waals surface area contributed by atoms with Gasteiger partial charge in [0.25, 0.3) is 0 Å². The van der Waals surface area contributed by atoms with Gasteiger partial charge in [0.1, 0.15) is 0 Å². The average molecular weight is 279 g/mol. The van der Waals surface area contributed by atoms with Gasteiger partial charge in [-0.05, 0) is 64.1 Å². The summed E-state index contributed by atoms with van der Waals surface area (Å²) >= 11 is 0. The van der Waals surface area contributed by atoms with Crippen molar-refractivity contribution in [2.45, 2.75) is 57.5 Å². The van der Waals surface area contributed by atoms with Crippen LogP contribution in [0.15, 0.2) is 0 Å². The molecule has 3 rings (SSSR count). The summed E-state index contributed by atoms with van der Waals surface area (Å²) in [5.41, 5.74) is 0. The predicted octanol–water partition coefficient (Wildman–Crippen LogP) is 1.37. The number of carbonyl (C=O) groups excluding carboxylic acids is 1. The number of hydrogen-bond donors (Lipinski definition) is 2. The lowest BCUT2D eigenvalue weighted by molar-refractivity contribution is -0.125. The Balaban J connectivity index is 1.29. The van der Waals surface area contributed by atoms with Crippen molar-refractivity contribution in [3.8, 4) is 0 Å². The molecule has 2 N–H and O–H groups in total. The molecule has 4 heteroatoms. The number of carbonyl (C=O) groups is 1. The molecule has 0 radical (unpaired) electrons. The number of likely N-dealkylation sites (tertiary alicyclic amines) is 1. The molecule has 114 valence electrons. The lowest BCUT2D eigenvalue weighted by atomic mass is 9.88. The summed E-state index contributed by atoms with van der Waals surface area (Å²) in [7, 11) is 0. The largest absolute Gasteiger partial charge is 0.356 e. The molecule has 0 aromatic rings. The summed E-state index contributed by atoms with van der Waals surface area (Å²) in [5.74, 6) is 1.43. The first-order valence-electron chi connectivity index (χ1n) is 8.48. The van der Waals surface area contributed by atoms with Gasteiger partial charge in [0.05, 0.1) is 5.92 Å². The average Bonchev–Trinajstić information content (AvgIpc) is 3.08. The van der Waals surface area contributed by atoms with Crippen LogP contribution in [0.1, 0.15) is 45.4 Å². The molecule has 3 unspecified atom stereocenters. The van der Waals surface area contributed by atoms with E-state index in [1.165, 1.54) is 38.8 Å². The Labute approximate surface area is 122 Å². The second kappa shape index (κ2) is 6.44. The van der Waals surface area contributed by atoms with Crippen LogP contribution < -0.4 is 10.6 Å². The van der Waals surface area contributed by atoms with E-state index in [9.17, 15) is 4.79 Å². The molecule has 3 heterocycles. The Morgan fingerprint density at radius 1 is 1.25 bits per heavy atom. The smallest absolute Gasteiger partial charge is 0.224 e. The van der Waals surface area contributed by atoms with E-state index in [4.69, 9.17) is 0 Å². The van der Waals surface area contributed by atoms with Gasteiger partial charge < -0.3 is 15.5 Å². The van der Waals surface area contributed by atoms with E-state index >= 15 is 0 Å².